The third-order valence-electron chi connectivity index (χ3n) is 3.26. The fourth-order valence-corrected chi connectivity index (χ4v) is 2.29. The second-order valence-corrected chi connectivity index (χ2v) is 5.09. The first-order valence-corrected chi connectivity index (χ1v) is 6.17. The monoisotopic (exact) mass is 247 g/mol. The maximum atomic E-state index is 5.72. The quantitative estimate of drug-likeness (QED) is 0.797. The fourth-order valence-electron chi connectivity index (χ4n) is 2.29. The number of oxazole rings is 1. The van der Waals surface area contributed by atoms with E-state index in [1.165, 1.54) is 0 Å². The van der Waals surface area contributed by atoms with Crippen LogP contribution in [0, 0.1) is 0 Å². The number of fused-ring (bicyclic) bond motifs is 1. The van der Waals surface area contributed by atoms with Crippen LogP contribution in [0.2, 0.25) is 0 Å². The Balaban J connectivity index is 1.86. The maximum absolute atomic E-state index is 5.72. The average Bonchev–Trinajstić information content (AvgIpc) is 2.70. The van der Waals surface area contributed by atoms with Gasteiger partial charge in [0.25, 0.3) is 6.01 Å². The van der Waals surface area contributed by atoms with E-state index in [-0.39, 0.29) is 5.54 Å². The van der Waals surface area contributed by atoms with Crippen molar-refractivity contribution in [1.82, 2.24) is 4.98 Å². The van der Waals surface area contributed by atoms with E-state index in [1.54, 1.807) is 6.07 Å². The Bertz CT molecular complexity index is 558. The highest BCUT2D eigenvalue weighted by Crippen LogP contribution is 2.27. The summed E-state index contributed by atoms with van der Waals surface area (Å²) in [6.45, 7) is 3.63. The van der Waals surface area contributed by atoms with Gasteiger partial charge in [-0.3, -0.25) is 0 Å². The predicted molar refractivity (Wildman–Crippen MR) is 70.5 cm³/mol. The molecule has 18 heavy (non-hydrogen) atoms. The molecule has 1 aromatic heterocycles. The Labute approximate surface area is 105 Å². The van der Waals surface area contributed by atoms with Gasteiger partial charge in [-0.25, -0.2) is 0 Å². The Hall–Kier alpha value is -1.75. The Morgan fingerprint density at radius 1 is 1.44 bits per heavy atom. The molecule has 1 saturated heterocycles. The number of nitrogen functional groups attached to an aromatic ring is 1. The highest BCUT2D eigenvalue weighted by molar-refractivity contribution is 5.78. The molecule has 0 saturated carbocycles. The van der Waals surface area contributed by atoms with Crippen molar-refractivity contribution in [3.05, 3.63) is 18.2 Å². The van der Waals surface area contributed by atoms with E-state index in [4.69, 9.17) is 14.9 Å². The van der Waals surface area contributed by atoms with Crippen molar-refractivity contribution in [2.75, 3.05) is 24.3 Å². The van der Waals surface area contributed by atoms with Crippen LogP contribution in [-0.4, -0.2) is 23.7 Å². The van der Waals surface area contributed by atoms with Crippen LogP contribution in [0.1, 0.15) is 19.8 Å². The molecule has 0 spiro atoms. The van der Waals surface area contributed by atoms with Gasteiger partial charge in [0.1, 0.15) is 5.52 Å². The lowest BCUT2D eigenvalue weighted by atomic mass is 9.95. The van der Waals surface area contributed by atoms with E-state index in [0.29, 0.717) is 23.9 Å². The van der Waals surface area contributed by atoms with Gasteiger partial charge in [-0.1, -0.05) is 0 Å². The number of anilines is 2. The van der Waals surface area contributed by atoms with E-state index in [0.717, 1.165) is 25.0 Å². The summed E-state index contributed by atoms with van der Waals surface area (Å²) in [6.07, 6.45) is 2.10. The van der Waals surface area contributed by atoms with E-state index < -0.39 is 0 Å². The van der Waals surface area contributed by atoms with Crippen LogP contribution in [0.3, 0.4) is 0 Å². The van der Waals surface area contributed by atoms with Crippen LogP contribution >= 0.6 is 0 Å². The number of hydrogen-bond donors (Lipinski definition) is 2. The molecule has 1 aromatic carbocycles. The number of nitrogens with one attached hydrogen (secondary N) is 1. The molecule has 1 atom stereocenters. The fraction of sp³-hybridized carbons (Fsp3) is 0.462. The molecule has 2 aromatic rings. The molecule has 5 heteroatoms. The molecule has 3 rings (SSSR count). The SMILES string of the molecule is CC1(Nc2nc3ccc(N)cc3o2)CCCOC1. The highest BCUT2D eigenvalue weighted by atomic mass is 16.5. The summed E-state index contributed by atoms with van der Waals surface area (Å²) in [5, 5.41) is 3.32. The molecule has 0 aliphatic carbocycles. The number of rotatable bonds is 2. The lowest BCUT2D eigenvalue weighted by molar-refractivity contribution is 0.0531. The standard InChI is InChI=1S/C13H17N3O2/c1-13(5-2-6-17-8-13)16-12-15-10-4-3-9(14)7-11(10)18-12/h3-4,7H,2,5-6,8,14H2,1H3,(H,15,16). The van der Waals surface area contributed by atoms with Crippen LogP contribution in [0.4, 0.5) is 11.7 Å². The summed E-state index contributed by atoms with van der Waals surface area (Å²) >= 11 is 0. The van der Waals surface area contributed by atoms with Crippen molar-refractivity contribution < 1.29 is 9.15 Å². The van der Waals surface area contributed by atoms with Gasteiger partial charge in [-0.2, -0.15) is 4.98 Å². The minimum atomic E-state index is -0.106. The largest absolute Gasteiger partial charge is 0.423 e. The Kier molecular flexibility index (Phi) is 2.63. The average molecular weight is 247 g/mol. The van der Waals surface area contributed by atoms with Crippen LogP contribution in [0.15, 0.2) is 22.6 Å². The lowest BCUT2D eigenvalue weighted by Crippen LogP contribution is -2.43. The molecule has 0 radical (unpaired) electrons. The predicted octanol–water partition coefficient (Wildman–Crippen LogP) is 2.39. The highest BCUT2D eigenvalue weighted by Gasteiger charge is 2.29. The Morgan fingerprint density at radius 2 is 2.33 bits per heavy atom. The second kappa shape index (κ2) is 4.17. The van der Waals surface area contributed by atoms with Crippen molar-refractivity contribution >= 4 is 22.8 Å². The van der Waals surface area contributed by atoms with Gasteiger partial charge < -0.3 is 20.2 Å². The number of nitrogens with zero attached hydrogens (tertiary/aromatic N) is 1. The minimum Gasteiger partial charge on any atom is -0.423 e. The zero-order valence-electron chi connectivity index (χ0n) is 10.4. The van der Waals surface area contributed by atoms with Gasteiger partial charge in [-0.05, 0) is 31.9 Å². The first-order chi connectivity index (χ1) is 8.65. The molecule has 1 unspecified atom stereocenters. The molecule has 0 amide bonds. The van der Waals surface area contributed by atoms with Gasteiger partial charge in [0, 0.05) is 18.4 Å². The van der Waals surface area contributed by atoms with Crippen molar-refractivity contribution in [3.63, 3.8) is 0 Å². The van der Waals surface area contributed by atoms with Gasteiger partial charge >= 0.3 is 0 Å². The van der Waals surface area contributed by atoms with E-state index in [1.807, 2.05) is 12.1 Å². The molecule has 96 valence electrons. The second-order valence-electron chi connectivity index (χ2n) is 5.09. The normalized spacial score (nSPS) is 24.3. The molecule has 3 N–H and O–H groups in total. The van der Waals surface area contributed by atoms with E-state index in [2.05, 4.69) is 17.2 Å². The number of hydrogen-bond acceptors (Lipinski definition) is 5. The molecule has 1 aliphatic heterocycles. The molecular weight excluding hydrogens is 230 g/mol. The zero-order valence-corrected chi connectivity index (χ0v) is 10.4. The number of nitrogens with two attached hydrogens (primary N) is 1. The maximum Gasteiger partial charge on any atom is 0.296 e. The van der Waals surface area contributed by atoms with Crippen molar-refractivity contribution in [3.8, 4) is 0 Å². The number of ether oxygens (including phenoxy) is 1. The first-order valence-electron chi connectivity index (χ1n) is 6.17. The summed E-state index contributed by atoms with van der Waals surface area (Å²) in [7, 11) is 0. The van der Waals surface area contributed by atoms with Crippen LogP contribution in [0.25, 0.3) is 11.1 Å². The van der Waals surface area contributed by atoms with Crippen molar-refractivity contribution in [2.24, 2.45) is 0 Å². The van der Waals surface area contributed by atoms with Gasteiger partial charge in [0.05, 0.1) is 12.1 Å². The van der Waals surface area contributed by atoms with Gasteiger partial charge in [-0.15, -0.1) is 0 Å². The summed E-state index contributed by atoms with van der Waals surface area (Å²) in [5.41, 5.74) is 7.81. The van der Waals surface area contributed by atoms with Crippen LogP contribution in [-0.2, 0) is 4.74 Å². The third-order valence-corrected chi connectivity index (χ3v) is 3.26. The van der Waals surface area contributed by atoms with E-state index in [9.17, 15) is 0 Å². The van der Waals surface area contributed by atoms with Crippen molar-refractivity contribution in [1.29, 1.82) is 0 Å². The number of benzene rings is 1. The first kappa shape index (κ1) is 11.3. The van der Waals surface area contributed by atoms with Crippen molar-refractivity contribution in [2.45, 2.75) is 25.3 Å². The summed E-state index contributed by atoms with van der Waals surface area (Å²) in [6, 6.07) is 6.00. The summed E-state index contributed by atoms with van der Waals surface area (Å²) in [5.74, 6) is 0. The summed E-state index contributed by atoms with van der Waals surface area (Å²) < 4.78 is 11.2. The van der Waals surface area contributed by atoms with E-state index >= 15 is 0 Å². The molecule has 1 fully saturated rings. The molecule has 1 aliphatic rings. The van der Waals surface area contributed by atoms with Gasteiger partial charge in [0.15, 0.2) is 5.58 Å². The third kappa shape index (κ3) is 2.13. The van der Waals surface area contributed by atoms with Gasteiger partial charge in [0.2, 0.25) is 0 Å². The summed E-state index contributed by atoms with van der Waals surface area (Å²) in [4.78, 5) is 4.40. The Morgan fingerprint density at radius 3 is 3.11 bits per heavy atom. The lowest BCUT2D eigenvalue weighted by Gasteiger charge is -2.33. The number of aromatic nitrogens is 1. The molecule has 2 heterocycles. The molecule has 5 nitrogen and oxygen atoms in total. The smallest absolute Gasteiger partial charge is 0.296 e. The zero-order chi connectivity index (χ0) is 12.6. The minimum absolute atomic E-state index is 0.106. The topological polar surface area (TPSA) is 73.3 Å². The van der Waals surface area contributed by atoms with Crippen LogP contribution < -0.4 is 11.1 Å². The van der Waals surface area contributed by atoms with Crippen LogP contribution in [0.5, 0.6) is 0 Å². The molecular formula is C13H17N3O2. The molecule has 0 bridgehead atoms.